The van der Waals surface area contributed by atoms with Crippen LogP contribution in [0.5, 0.6) is 0 Å². The Bertz CT molecular complexity index is 1060. The number of anilines is 1. The van der Waals surface area contributed by atoms with Gasteiger partial charge in [-0.1, -0.05) is 22.5 Å². The molecule has 3 rings (SSSR count). The lowest BCUT2D eigenvalue weighted by molar-refractivity contribution is 0.0698. The average Bonchev–Trinajstić information content (AvgIpc) is 3.10. The maximum atomic E-state index is 12.7. The molecule has 28 heavy (non-hydrogen) atoms. The number of benzene rings is 2. The monoisotopic (exact) mass is 464 g/mol. The minimum atomic E-state index is -3.69. The van der Waals surface area contributed by atoms with Gasteiger partial charge >= 0.3 is 5.97 Å². The van der Waals surface area contributed by atoms with Crippen LogP contribution in [-0.4, -0.2) is 36.3 Å². The number of nitrogens with one attached hydrogen (secondary N) is 1. The van der Waals surface area contributed by atoms with E-state index in [0.29, 0.717) is 23.1 Å². The Morgan fingerprint density at radius 3 is 2.39 bits per heavy atom. The van der Waals surface area contributed by atoms with Crippen molar-refractivity contribution in [2.75, 3.05) is 11.9 Å². The van der Waals surface area contributed by atoms with E-state index in [4.69, 9.17) is 0 Å². The van der Waals surface area contributed by atoms with Crippen molar-refractivity contribution in [3.8, 4) is 0 Å². The van der Waals surface area contributed by atoms with Crippen LogP contribution in [0.4, 0.5) is 5.69 Å². The van der Waals surface area contributed by atoms with Crippen molar-refractivity contribution in [3.63, 3.8) is 0 Å². The minimum absolute atomic E-state index is 0.0607. The summed E-state index contributed by atoms with van der Waals surface area (Å²) < 4.78 is 27.2. The van der Waals surface area contributed by atoms with Crippen molar-refractivity contribution in [2.45, 2.75) is 17.7 Å². The predicted octanol–water partition coefficient (Wildman–Crippen LogP) is 3.70. The van der Waals surface area contributed by atoms with Crippen LogP contribution in [0.25, 0.3) is 0 Å². The Morgan fingerprint density at radius 2 is 1.82 bits per heavy atom. The van der Waals surface area contributed by atoms with Crippen molar-refractivity contribution >= 4 is 43.5 Å². The number of aromatic carboxylic acids is 1. The topological polar surface area (TPSA) is 104 Å². The molecule has 0 aromatic heterocycles. The van der Waals surface area contributed by atoms with Crippen LogP contribution in [0, 0.1) is 0 Å². The first-order valence-electron chi connectivity index (χ1n) is 8.35. The van der Waals surface area contributed by atoms with Crippen LogP contribution in [0.3, 0.4) is 0 Å². The third-order valence-electron chi connectivity index (χ3n) is 4.34. The SMILES string of the molecule is C=C1CCCN1S(=O)(=O)c1ccc(C(=O)Nc2ccc(Br)cc2C(=O)O)cc1. The molecule has 2 N–H and O–H groups in total. The summed E-state index contributed by atoms with van der Waals surface area (Å²) in [7, 11) is -3.69. The number of carboxylic acids is 1. The first-order chi connectivity index (χ1) is 13.2. The zero-order valence-corrected chi connectivity index (χ0v) is 17.1. The lowest BCUT2D eigenvalue weighted by Crippen LogP contribution is -2.26. The van der Waals surface area contributed by atoms with E-state index in [1.807, 2.05) is 0 Å². The van der Waals surface area contributed by atoms with Crippen molar-refractivity contribution in [2.24, 2.45) is 0 Å². The number of hydrogen-bond donors (Lipinski definition) is 2. The standard InChI is InChI=1S/C19H17BrN2O5S/c1-12-3-2-10-22(12)28(26,27)15-7-4-13(5-8-15)18(23)21-17-9-6-14(20)11-16(17)19(24)25/h4-9,11H,1-3,10H2,(H,21,23)(H,24,25). The van der Waals surface area contributed by atoms with E-state index in [2.05, 4.69) is 27.8 Å². The lowest BCUT2D eigenvalue weighted by atomic mass is 10.1. The van der Waals surface area contributed by atoms with Crippen molar-refractivity contribution < 1.29 is 23.1 Å². The normalized spacial score (nSPS) is 14.2. The number of carbonyl (C=O) groups excluding carboxylic acids is 1. The fraction of sp³-hybridized carbons (Fsp3) is 0.158. The van der Waals surface area contributed by atoms with Gasteiger partial charge in [0.25, 0.3) is 15.9 Å². The predicted molar refractivity (Wildman–Crippen MR) is 108 cm³/mol. The number of sulfonamides is 1. The number of rotatable bonds is 5. The molecule has 1 amide bonds. The molecule has 1 aliphatic rings. The molecule has 0 atom stereocenters. The summed E-state index contributed by atoms with van der Waals surface area (Å²) in [5.74, 6) is -1.72. The Kier molecular flexibility index (Phi) is 5.57. The zero-order valence-electron chi connectivity index (χ0n) is 14.7. The summed E-state index contributed by atoms with van der Waals surface area (Å²) in [5.41, 5.74) is 0.844. The Hall–Kier alpha value is -2.65. The van der Waals surface area contributed by atoms with Gasteiger partial charge in [-0.15, -0.1) is 0 Å². The van der Waals surface area contributed by atoms with Gasteiger partial charge in [0.15, 0.2) is 0 Å². The summed E-state index contributed by atoms with van der Waals surface area (Å²) >= 11 is 3.19. The molecule has 9 heteroatoms. The van der Waals surface area contributed by atoms with Crippen LogP contribution in [0.15, 0.2) is 64.1 Å². The molecule has 0 saturated carbocycles. The van der Waals surface area contributed by atoms with E-state index >= 15 is 0 Å². The highest BCUT2D eigenvalue weighted by atomic mass is 79.9. The second-order valence-corrected chi connectivity index (χ2v) is 9.00. The summed E-state index contributed by atoms with van der Waals surface area (Å²) in [6.07, 6.45) is 1.37. The highest BCUT2D eigenvalue weighted by molar-refractivity contribution is 9.10. The van der Waals surface area contributed by atoms with Crippen LogP contribution >= 0.6 is 15.9 Å². The fourth-order valence-corrected chi connectivity index (χ4v) is 4.80. The number of carbonyl (C=O) groups is 2. The number of hydrogen-bond acceptors (Lipinski definition) is 4. The van der Waals surface area contributed by atoms with Gasteiger partial charge in [-0.05, 0) is 55.3 Å². The third kappa shape index (κ3) is 3.95. The molecule has 0 aliphatic carbocycles. The maximum absolute atomic E-state index is 12.7. The Balaban J connectivity index is 1.82. The van der Waals surface area contributed by atoms with Gasteiger partial charge in [-0.2, -0.15) is 0 Å². The number of carboxylic acid groups (broad SMARTS) is 1. The molecule has 1 aliphatic heterocycles. The first kappa shape index (κ1) is 20.1. The maximum Gasteiger partial charge on any atom is 0.337 e. The second kappa shape index (κ2) is 7.76. The highest BCUT2D eigenvalue weighted by Crippen LogP contribution is 2.28. The summed E-state index contributed by atoms with van der Waals surface area (Å²) in [6, 6.07) is 9.96. The molecule has 0 spiro atoms. The molecule has 1 saturated heterocycles. The highest BCUT2D eigenvalue weighted by Gasteiger charge is 2.29. The Morgan fingerprint density at radius 1 is 1.14 bits per heavy atom. The Labute approximate surface area is 170 Å². The number of nitrogens with zero attached hydrogens (tertiary/aromatic N) is 1. The van der Waals surface area contributed by atoms with Gasteiger partial charge in [0.05, 0.1) is 16.1 Å². The van der Waals surface area contributed by atoms with Gasteiger partial charge in [0, 0.05) is 22.3 Å². The minimum Gasteiger partial charge on any atom is -0.478 e. The average molecular weight is 465 g/mol. The fourth-order valence-electron chi connectivity index (χ4n) is 2.90. The lowest BCUT2D eigenvalue weighted by Gasteiger charge is -2.19. The van der Waals surface area contributed by atoms with Gasteiger partial charge < -0.3 is 10.4 Å². The van der Waals surface area contributed by atoms with Crippen LogP contribution in [0.2, 0.25) is 0 Å². The van der Waals surface area contributed by atoms with Crippen molar-refractivity contribution in [3.05, 3.63) is 70.3 Å². The second-order valence-electron chi connectivity index (χ2n) is 6.22. The number of allylic oxidation sites excluding steroid dienone is 1. The van der Waals surface area contributed by atoms with E-state index < -0.39 is 21.9 Å². The van der Waals surface area contributed by atoms with Gasteiger partial charge in [0.1, 0.15) is 0 Å². The van der Waals surface area contributed by atoms with E-state index in [1.165, 1.54) is 40.7 Å². The number of amides is 1. The first-order valence-corrected chi connectivity index (χ1v) is 10.6. The summed E-state index contributed by atoms with van der Waals surface area (Å²) in [5, 5.41) is 11.8. The van der Waals surface area contributed by atoms with Gasteiger partial charge in [0.2, 0.25) is 0 Å². The van der Waals surface area contributed by atoms with Crippen molar-refractivity contribution in [1.82, 2.24) is 4.31 Å². The molecule has 1 fully saturated rings. The largest absolute Gasteiger partial charge is 0.478 e. The van der Waals surface area contributed by atoms with Crippen LogP contribution < -0.4 is 5.32 Å². The molecule has 0 bridgehead atoms. The van der Waals surface area contributed by atoms with E-state index in [0.717, 1.165) is 6.42 Å². The van der Waals surface area contributed by atoms with Crippen molar-refractivity contribution in [1.29, 1.82) is 0 Å². The molecule has 0 unspecified atom stereocenters. The summed E-state index contributed by atoms with van der Waals surface area (Å²) in [4.78, 5) is 23.9. The molecule has 0 radical (unpaired) electrons. The van der Waals surface area contributed by atoms with Crippen LogP contribution in [-0.2, 0) is 10.0 Å². The molecule has 7 nitrogen and oxygen atoms in total. The van der Waals surface area contributed by atoms with Crippen LogP contribution in [0.1, 0.15) is 33.6 Å². The molecule has 2 aromatic carbocycles. The molecule has 2 aromatic rings. The quantitative estimate of drug-likeness (QED) is 0.701. The van der Waals surface area contributed by atoms with E-state index in [1.54, 1.807) is 6.07 Å². The van der Waals surface area contributed by atoms with Gasteiger partial charge in [-0.25, -0.2) is 13.2 Å². The van der Waals surface area contributed by atoms with E-state index in [-0.39, 0.29) is 21.7 Å². The molecular weight excluding hydrogens is 448 g/mol. The molecule has 1 heterocycles. The third-order valence-corrected chi connectivity index (χ3v) is 6.73. The summed E-state index contributed by atoms with van der Waals surface area (Å²) in [6.45, 7) is 4.17. The molecule has 146 valence electrons. The molecular formula is C19H17BrN2O5S. The number of halogens is 1. The van der Waals surface area contributed by atoms with Gasteiger partial charge in [-0.3, -0.25) is 9.10 Å². The van der Waals surface area contributed by atoms with E-state index in [9.17, 15) is 23.1 Å². The zero-order chi connectivity index (χ0) is 20.5. The smallest absolute Gasteiger partial charge is 0.337 e.